The summed E-state index contributed by atoms with van der Waals surface area (Å²) in [5.74, 6) is 0. The molecule has 0 bridgehead atoms. The Morgan fingerprint density at radius 2 is 1.91 bits per heavy atom. The quantitative estimate of drug-likeness (QED) is 0.310. The molecule has 0 aliphatic rings. The third-order valence-corrected chi connectivity index (χ3v) is 1.31. The second-order valence-electron chi connectivity index (χ2n) is 1.70. The molecular weight excluding hydrogens is 170 g/mol. The Morgan fingerprint density at radius 3 is 2.36 bits per heavy atom. The first-order valence-electron chi connectivity index (χ1n) is 2.54. The minimum Gasteiger partial charge on any atom is -0.300 e. The van der Waals surface area contributed by atoms with Crippen molar-refractivity contribution < 1.29 is 0 Å². The number of nitroso groups, excluding NO2 is 1. The monoisotopic (exact) mass is 173 g/mol. The van der Waals surface area contributed by atoms with E-state index in [1.54, 1.807) is 0 Å². The molecule has 0 aromatic carbocycles. The molecule has 1 aromatic heterocycles. The van der Waals surface area contributed by atoms with E-state index in [-0.39, 0.29) is 5.03 Å². The summed E-state index contributed by atoms with van der Waals surface area (Å²) < 4.78 is 0. The molecule has 11 heavy (non-hydrogen) atoms. The maximum atomic E-state index is 10.7. The first-order chi connectivity index (χ1) is 5.15. The molecule has 1 aromatic rings. The van der Waals surface area contributed by atoms with Crippen LogP contribution in [0.4, 0.5) is 5.69 Å². The zero-order valence-corrected chi connectivity index (χ0v) is 6.01. The van der Waals surface area contributed by atoms with Crippen LogP contribution in [0.25, 0.3) is 0 Å². The highest BCUT2D eigenvalue weighted by atomic mass is 32.1. The van der Waals surface area contributed by atoms with Gasteiger partial charge in [-0.05, 0) is 5.18 Å². The maximum absolute atomic E-state index is 10.7. The van der Waals surface area contributed by atoms with E-state index in [1.165, 1.54) is 0 Å². The van der Waals surface area contributed by atoms with Crippen LogP contribution in [-0.4, -0.2) is 9.97 Å². The minimum atomic E-state index is -0.839. The minimum absolute atomic E-state index is 0.131. The number of thiol groups is 1. The van der Waals surface area contributed by atoms with Gasteiger partial charge in [0.25, 0.3) is 5.56 Å². The molecule has 0 saturated carbocycles. The fraction of sp³-hybridized carbons (Fsp3) is 0. The number of aromatic amines is 2. The molecule has 0 aliphatic heterocycles. The van der Waals surface area contributed by atoms with Crippen molar-refractivity contribution in [3.63, 3.8) is 0 Å². The summed E-state index contributed by atoms with van der Waals surface area (Å²) in [6.07, 6.45) is 0. The number of H-pyrrole nitrogens is 2. The summed E-state index contributed by atoms with van der Waals surface area (Å²) in [6, 6.07) is 0. The Labute approximate surface area is 65.0 Å². The van der Waals surface area contributed by atoms with Gasteiger partial charge in [-0.2, -0.15) is 0 Å². The Balaban J connectivity index is 3.62. The van der Waals surface area contributed by atoms with Crippen LogP contribution >= 0.6 is 12.6 Å². The van der Waals surface area contributed by atoms with E-state index in [4.69, 9.17) is 0 Å². The zero-order valence-electron chi connectivity index (χ0n) is 5.12. The zero-order chi connectivity index (χ0) is 8.43. The van der Waals surface area contributed by atoms with Crippen molar-refractivity contribution in [3.05, 3.63) is 25.7 Å². The highest BCUT2D eigenvalue weighted by Gasteiger charge is 2.04. The van der Waals surface area contributed by atoms with Gasteiger partial charge in [0.05, 0.1) is 0 Å². The molecule has 1 rings (SSSR count). The van der Waals surface area contributed by atoms with Crippen molar-refractivity contribution in [2.24, 2.45) is 5.18 Å². The number of hydrogen-bond acceptors (Lipinski definition) is 5. The van der Waals surface area contributed by atoms with Crippen LogP contribution in [-0.2, 0) is 0 Å². The van der Waals surface area contributed by atoms with Crippen molar-refractivity contribution in [2.75, 3.05) is 0 Å². The normalized spacial score (nSPS) is 9.55. The first-order valence-corrected chi connectivity index (χ1v) is 2.99. The summed E-state index contributed by atoms with van der Waals surface area (Å²) >= 11 is 3.65. The predicted molar refractivity (Wildman–Crippen MR) is 40.4 cm³/mol. The smallest absolute Gasteiger partial charge is 0.300 e. The maximum Gasteiger partial charge on any atom is 0.326 e. The van der Waals surface area contributed by atoms with Crippen LogP contribution in [0.2, 0.25) is 0 Å². The molecule has 0 atom stereocenters. The fourth-order valence-corrected chi connectivity index (χ4v) is 0.796. The van der Waals surface area contributed by atoms with E-state index in [2.05, 4.69) is 22.8 Å². The van der Waals surface area contributed by atoms with Gasteiger partial charge in [0.1, 0.15) is 5.03 Å². The molecule has 0 unspecified atom stereocenters. The molecule has 6 nitrogen and oxygen atoms in total. The van der Waals surface area contributed by atoms with E-state index in [0.29, 0.717) is 0 Å². The topological polar surface area (TPSA) is 95.2 Å². The van der Waals surface area contributed by atoms with Gasteiger partial charge < -0.3 is 4.98 Å². The third kappa shape index (κ3) is 1.37. The average molecular weight is 173 g/mol. The van der Waals surface area contributed by atoms with Crippen LogP contribution < -0.4 is 11.2 Å². The van der Waals surface area contributed by atoms with Gasteiger partial charge in [0, 0.05) is 0 Å². The molecule has 58 valence electrons. The highest BCUT2D eigenvalue weighted by molar-refractivity contribution is 7.80. The SMILES string of the molecule is O=Nc1c(S)[nH]c(=O)[nH]c1=O. The number of aromatic nitrogens is 2. The molecule has 2 N–H and O–H groups in total. The molecule has 1 heterocycles. The van der Waals surface area contributed by atoms with E-state index in [9.17, 15) is 14.5 Å². The van der Waals surface area contributed by atoms with Gasteiger partial charge in [0.15, 0.2) is 0 Å². The molecule has 0 radical (unpaired) electrons. The van der Waals surface area contributed by atoms with Gasteiger partial charge >= 0.3 is 5.69 Å². The molecule has 0 aliphatic carbocycles. The largest absolute Gasteiger partial charge is 0.326 e. The van der Waals surface area contributed by atoms with E-state index in [0.717, 1.165) is 0 Å². The van der Waals surface area contributed by atoms with Gasteiger partial charge in [-0.15, -0.1) is 17.5 Å². The van der Waals surface area contributed by atoms with Gasteiger partial charge in [-0.25, -0.2) is 4.79 Å². The molecule has 7 heteroatoms. The fourth-order valence-electron chi connectivity index (χ4n) is 0.553. The lowest BCUT2D eigenvalue weighted by Gasteiger charge is -1.90. The van der Waals surface area contributed by atoms with Gasteiger partial charge in [-0.3, -0.25) is 9.78 Å². The number of nitrogens with zero attached hydrogens (tertiary/aromatic N) is 1. The van der Waals surface area contributed by atoms with E-state index >= 15 is 0 Å². The molecule has 0 amide bonds. The third-order valence-electron chi connectivity index (χ3n) is 0.990. The van der Waals surface area contributed by atoms with Crippen molar-refractivity contribution >= 4 is 18.3 Å². The summed E-state index contributed by atoms with van der Waals surface area (Å²) in [7, 11) is 0. The van der Waals surface area contributed by atoms with Crippen LogP contribution in [0.5, 0.6) is 0 Å². The summed E-state index contributed by atoms with van der Waals surface area (Å²) in [4.78, 5) is 35.0. The Bertz CT molecular complexity index is 392. The average Bonchev–Trinajstić information content (AvgIpc) is 1.85. The van der Waals surface area contributed by atoms with Crippen LogP contribution in [0.1, 0.15) is 0 Å². The van der Waals surface area contributed by atoms with E-state index < -0.39 is 16.9 Å². The van der Waals surface area contributed by atoms with Gasteiger partial charge in [0.2, 0.25) is 5.69 Å². The van der Waals surface area contributed by atoms with Crippen LogP contribution in [0.3, 0.4) is 0 Å². The lowest BCUT2D eigenvalue weighted by molar-refractivity contribution is 0.950. The molecule has 0 saturated heterocycles. The lowest BCUT2D eigenvalue weighted by Crippen LogP contribution is -2.21. The molecular formula is C4H3N3O3S. The van der Waals surface area contributed by atoms with Gasteiger partial charge in [-0.1, -0.05) is 0 Å². The molecule has 0 spiro atoms. The highest BCUT2D eigenvalue weighted by Crippen LogP contribution is 2.10. The van der Waals surface area contributed by atoms with Crippen molar-refractivity contribution in [1.29, 1.82) is 0 Å². The summed E-state index contributed by atoms with van der Waals surface area (Å²) in [5, 5.41) is 2.24. The van der Waals surface area contributed by atoms with Crippen molar-refractivity contribution in [2.45, 2.75) is 5.03 Å². The summed E-state index contributed by atoms with van der Waals surface area (Å²) in [5.41, 5.74) is -1.98. The Kier molecular flexibility index (Phi) is 1.90. The summed E-state index contributed by atoms with van der Waals surface area (Å²) in [6.45, 7) is 0. The second kappa shape index (κ2) is 2.70. The predicted octanol–water partition coefficient (Wildman–Crippen LogP) is -0.250. The van der Waals surface area contributed by atoms with Crippen LogP contribution in [0, 0.1) is 4.91 Å². The first kappa shape index (κ1) is 7.73. The number of hydrogen-bond donors (Lipinski definition) is 3. The number of rotatable bonds is 1. The standard InChI is InChI=1S/C4H3N3O3S/c8-2-1(7-10)3(11)6-4(9)5-2/h(H3,5,6,8,9,11). The Hall–Kier alpha value is -1.37. The van der Waals surface area contributed by atoms with E-state index in [1.807, 2.05) is 4.98 Å². The van der Waals surface area contributed by atoms with Crippen LogP contribution in [0.15, 0.2) is 19.8 Å². The second-order valence-corrected chi connectivity index (χ2v) is 2.14. The molecule has 0 fully saturated rings. The lowest BCUT2D eigenvalue weighted by atomic mass is 10.5. The number of nitrogens with one attached hydrogen (secondary N) is 2. The van der Waals surface area contributed by atoms with Crippen molar-refractivity contribution in [3.8, 4) is 0 Å². The van der Waals surface area contributed by atoms with Crippen molar-refractivity contribution in [1.82, 2.24) is 9.97 Å². The Morgan fingerprint density at radius 1 is 1.27 bits per heavy atom.